The Bertz CT molecular complexity index is 1620. The minimum Gasteiger partial charge on any atom is -0.324 e. The Balaban J connectivity index is 1.42. The van der Waals surface area contributed by atoms with Gasteiger partial charge in [0.1, 0.15) is 5.39 Å². The lowest BCUT2D eigenvalue weighted by atomic mass is 9.67. The van der Waals surface area contributed by atoms with Crippen molar-refractivity contribution in [2.75, 3.05) is 11.9 Å². The lowest BCUT2D eigenvalue weighted by molar-refractivity contribution is 0.315. The molecule has 0 radical (unpaired) electrons. The molecule has 1 fully saturated rings. The van der Waals surface area contributed by atoms with Crippen LogP contribution >= 0.6 is 0 Å². The summed E-state index contributed by atoms with van der Waals surface area (Å²) >= 11 is 0. The van der Waals surface area contributed by atoms with E-state index in [0.29, 0.717) is 29.3 Å². The van der Waals surface area contributed by atoms with Crippen LogP contribution in [-0.4, -0.2) is 30.9 Å². The second kappa shape index (κ2) is 8.53. The number of hydrogen-bond acceptors (Lipinski definition) is 7. The van der Waals surface area contributed by atoms with E-state index in [1.54, 1.807) is 15.6 Å². The Hall–Kier alpha value is -4.03. The standard InChI is InChI=1S/C28H30N8O/c1-4-35-25(37)20-16-30-26(32-19-9-10-21-18(15-19)11-14-31-27(21,2)3)34-24(20)36(35)23-8-5-7-22(33-23)28(17-29)12-6-13-28/h5,7-10,15-16,31H,4,6,11-14H2,1-3H3,(H,30,32,34). The molecule has 9 nitrogen and oxygen atoms in total. The number of nitrogens with zero attached hydrogens (tertiary/aromatic N) is 6. The molecule has 1 aliphatic heterocycles. The van der Waals surface area contributed by atoms with E-state index in [2.05, 4.69) is 47.7 Å². The molecule has 4 aromatic rings. The van der Waals surface area contributed by atoms with Gasteiger partial charge in [0.2, 0.25) is 5.95 Å². The van der Waals surface area contributed by atoms with Crippen LogP contribution in [0, 0.1) is 11.3 Å². The largest absolute Gasteiger partial charge is 0.324 e. The van der Waals surface area contributed by atoms with Crippen LogP contribution in [-0.2, 0) is 23.9 Å². The zero-order chi connectivity index (χ0) is 25.8. The van der Waals surface area contributed by atoms with Gasteiger partial charge in [0.15, 0.2) is 11.5 Å². The van der Waals surface area contributed by atoms with Crippen LogP contribution in [0.25, 0.3) is 16.9 Å². The number of anilines is 2. The maximum Gasteiger partial charge on any atom is 0.278 e. The van der Waals surface area contributed by atoms with Gasteiger partial charge in [-0.05, 0) is 88.4 Å². The maximum atomic E-state index is 13.2. The minimum atomic E-state index is -0.547. The van der Waals surface area contributed by atoms with E-state index in [4.69, 9.17) is 9.97 Å². The second-order valence-electron chi connectivity index (χ2n) is 10.5. The molecule has 2 aliphatic rings. The van der Waals surface area contributed by atoms with Gasteiger partial charge in [-0.2, -0.15) is 10.2 Å². The summed E-state index contributed by atoms with van der Waals surface area (Å²) in [7, 11) is 0. The molecular weight excluding hydrogens is 464 g/mol. The minimum absolute atomic E-state index is 0.0637. The Morgan fingerprint density at radius 1 is 1.19 bits per heavy atom. The molecule has 9 heteroatoms. The van der Waals surface area contributed by atoms with Crippen molar-refractivity contribution >= 4 is 22.7 Å². The first-order chi connectivity index (χ1) is 17.8. The summed E-state index contributed by atoms with van der Waals surface area (Å²) < 4.78 is 3.36. The second-order valence-corrected chi connectivity index (χ2v) is 10.5. The summed E-state index contributed by atoms with van der Waals surface area (Å²) in [5, 5.41) is 17.1. The summed E-state index contributed by atoms with van der Waals surface area (Å²) in [4.78, 5) is 27.3. The highest BCUT2D eigenvalue weighted by atomic mass is 16.1. The monoisotopic (exact) mass is 494 g/mol. The molecule has 4 heterocycles. The molecule has 0 spiro atoms. The van der Waals surface area contributed by atoms with Gasteiger partial charge in [0, 0.05) is 24.0 Å². The highest BCUT2D eigenvalue weighted by molar-refractivity contribution is 5.77. The van der Waals surface area contributed by atoms with E-state index < -0.39 is 5.41 Å². The summed E-state index contributed by atoms with van der Waals surface area (Å²) in [5.41, 5.74) is 3.94. The van der Waals surface area contributed by atoms with Gasteiger partial charge >= 0.3 is 0 Å². The first-order valence-corrected chi connectivity index (χ1v) is 12.9. The van der Waals surface area contributed by atoms with Crippen molar-refractivity contribution in [2.24, 2.45) is 0 Å². The van der Waals surface area contributed by atoms with E-state index in [-0.39, 0.29) is 11.1 Å². The lowest BCUT2D eigenvalue weighted by Gasteiger charge is -2.34. The average Bonchev–Trinajstić information content (AvgIpc) is 3.14. The molecule has 37 heavy (non-hydrogen) atoms. The van der Waals surface area contributed by atoms with Crippen molar-refractivity contribution in [3.05, 3.63) is 69.8 Å². The predicted octanol–water partition coefficient (Wildman–Crippen LogP) is 4.07. The van der Waals surface area contributed by atoms with E-state index in [1.165, 1.54) is 11.1 Å². The highest BCUT2D eigenvalue weighted by Crippen LogP contribution is 2.42. The Labute approximate surface area is 215 Å². The molecular formula is C28H30N8O. The number of nitriles is 1. The molecule has 1 aromatic carbocycles. The van der Waals surface area contributed by atoms with Gasteiger partial charge in [0.05, 0.1) is 17.2 Å². The fourth-order valence-corrected chi connectivity index (χ4v) is 5.59. The summed E-state index contributed by atoms with van der Waals surface area (Å²) in [6, 6.07) is 14.5. The molecule has 2 N–H and O–H groups in total. The van der Waals surface area contributed by atoms with Gasteiger partial charge in [-0.25, -0.2) is 19.3 Å². The van der Waals surface area contributed by atoms with Gasteiger partial charge in [-0.3, -0.25) is 4.79 Å². The molecule has 1 saturated carbocycles. The topological polar surface area (TPSA) is 113 Å². The lowest BCUT2D eigenvalue weighted by Crippen LogP contribution is -2.42. The molecule has 0 atom stereocenters. The van der Waals surface area contributed by atoms with Crippen LogP contribution in [0.4, 0.5) is 11.6 Å². The van der Waals surface area contributed by atoms with Gasteiger partial charge < -0.3 is 10.6 Å². The molecule has 188 valence electrons. The van der Waals surface area contributed by atoms with E-state index in [1.807, 2.05) is 31.2 Å². The maximum absolute atomic E-state index is 13.2. The Kier molecular flexibility index (Phi) is 5.39. The Morgan fingerprint density at radius 3 is 2.76 bits per heavy atom. The molecule has 0 saturated heterocycles. The quantitative estimate of drug-likeness (QED) is 0.430. The number of rotatable bonds is 5. The number of nitrogens with one attached hydrogen (secondary N) is 2. The number of benzene rings is 1. The molecule has 1 aliphatic carbocycles. The first-order valence-electron chi connectivity index (χ1n) is 12.9. The number of fused-ring (bicyclic) bond motifs is 2. The van der Waals surface area contributed by atoms with Crippen molar-refractivity contribution in [1.82, 2.24) is 29.6 Å². The van der Waals surface area contributed by atoms with E-state index in [0.717, 1.165) is 43.6 Å². The van der Waals surface area contributed by atoms with Crippen molar-refractivity contribution in [3.63, 3.8) is 0 Å². The van der Waals surface area contributed by atoms with Crippen LogP contribution in [0.15, 0.2) is 47.4 Å². The van der Waals surface area contributed by atoms with Gasteiger partial charge in [-0.1, -0.05) is 12.1 Å². The average molecular weight is 495 g/mol. The van der Waals surface area contributed by atoms with E-state index in [9.17, 15) is 10.1 Å². The molecule has 0 amide bonds. The zero-order valence-electron chi connectivity index (χ0n) is 21.4. The van der Waals surface area contributed by atoms with Crippen LogP contribution in [0.5, 0.6) is 0 Å². The Morgan fingerprint density at radius 2 is 2.03 bits per heavy atom. The predicted molar refractivity (Wildman–Crippen MR) is 142 cm³/mol. The molecule has 6 rings (SSSR count). The third-order valence-corrected chi connectivity index (χ3v) is 7.83. The van der Waals surface area contributed by atoms with Crippen molar-refractivity contribution in [2.45, 2.75) is 64.0 Å². The summed E-state index contributed by atoms with van der Waals surface area (Å²) in [6.45, 7) is 7.68. The van der Waals surface area contributed by atoms with Crippen molar-refractivity contribution < 1.29 is 0 Å². The smallest absolute Gasteiger partial charge is 0.278 e. The zero-order valence-corrected chi connectivity index (χ0v) is 21.4. The van der Waals surface area contributed by atoms with Crippen molar-refractivity contribution in [1.29, 1.82) is 5.26 Å². The van der Waals surface area contributed by atoms with Crippen LogP contribution in [0.3, 0.4) is 0 Å². The first kappa shape index (κ1) is 23.4. The van der Waals surface area contributed by atoms with E-state index >= 15 is 0 Å². The number of aromatic nitrogens is 5. The summed E-state index contributed by atoms with van der Waals surface area (Å²) in [5.74, 6) is 0.979. The van der Waals surface area contributed by atoms with Crippen LogP contribution < -0.4 is 16.2 Å². The van der Waals surface area contributed by atoms with Gasteiger partial charge in [-0.15, -0.1) is 0 Å². The number of hydrogen-bond donors (Lipinski definition) is 2. The normalized spacial score (nSPS) is 17.6. The molecule has 0 bridgehead atoms. The van der Waals surface area contributed by atoms with Gasteiger partial charge in [0.25, 0.3) is 5.56 Å². The molecule has 3 aromatic heterocycles. The molecule has 0 unspecified atom stereocenters. The number of pyridine rings is 1. The fourth-order valence-electron chi connectivity index (χ4n) is 5.59. The van der Waals surface area contributed by atoms with Crippen LogP contribution in [0.1, 0.15) is 56.9 Å². The van der Waals surface area contributed by atoms with Crippen molar-refractivity contribution in [3.8, 4) is 11.9 Å². The fraction of sp³-hybridized carbons (Fsp3) is 0.393. The summed E-state index contributed by atoms with van der Waals surface area (Å²) in [6.07, 6.45) is 5.16. The third-order valence-electron chi connectivity index (χ3n) is 7.83. The van der Waals surface area contributed by atoms with Crippen LogP contribution in [0.2, 0.25) is 0 Å². The SMILES string of the molecule is CCn1c(=O)c2cnc(Nc3ccc4c(c3)CCNC4(C)C)nc2n1-c1cccc(C2(C#N)CCC2)n1. The highest BCUT2D eigenvalue weighted by Gasteiger charge is 2.40. The third kappa shape index (κ3) is 3.71.